The second kappa shape index (κ2) is 5.52. The maximum atomic E-state index is 11.6. The summed E-state index contributed by atoms with van der Waals surface area (Å²) in [4.78, 5) is 23.0. The van der Waals surface area contributed by atoms with E-state index >= 15 is 0 Å². The summed E-state index contributed by atoms with van der Waals surface area (Å²) in [6, 6.07) is 9.25. The molecule has 2 rings (SSSR count). The van der Waals surface area contributed by atoms with Crippen LogP contribution in [-0.4, -0.2) is 18.0 Å². The summed E-state index contributed by atoms with van der Waals surface area (Å²) in [5.41, 5.74) is 1.46. The van der Waals surface area contributed by atoms with Gasteiger partial charge in [-0.05, 0) is 13.8 Å². The minimum atomic E-state index is -0.593. The largest absolute Gasteiger partial charge is 0.455 e. The van der Waals surface area contributed by atoms with Gasteiger partial charge in [-0.3, -0.25) is 0 Å². The molecular weight excluding hydrogens is 244 g/mol. The van der Waals surface area contributed by atoms with Crippen molar-refractivity contribution in [3.05, 3.63) is 53.6 Å². The van der Waals surface area contributed by atoms with Gasteiger partial charge in [-0.15, -0.1) is 0 Å². The molecule has 4 nitrogen and oxygen atoms in total. The molecule has 98 valence electrons. The summed E-state index contributed by atoms with van der Waals surface area (Å²) in [6.45, 7) is 3.52. The first kappa shape index (κ1) is 13.1. The third kappa shape index (κ3) is 3.10. The van der Waals surface area contributed by atoms with Crippen LogP contribution in [0.1, 0.15) is 19.4 Å². The Bertz CT molecular complexity index is 555. The molecule has 0 aromatic heterocycles. The van der Waals surface area contributed by atoms with E-state index < -0.39 is 18.0 Å². The summed E-state index contributed by atoms with van der Waals surface area (Å²) in [5, 5.41) is 0. The summed E-state index contributed by atoms with van der Waals surface area (Å²) >= 11 is 0. The zero-order valence-electron chi connectivity index (χ0n) is 10.8. The molecular formula is C15H14O4. The van der Waals surface area contributed by atoms with Gasteiger partial charge in [0.25, 0.3) is 0 Å². The van der Waals surface area contributed by atoms with Crippen molar-refractivity contribution >= 4 is 17.7 Å². The Labute approximate surface area is 111 Å². The van der Waals surface area contributed by atoms with E-state index in [1.54, 1.807) is 13.8 Å². The van der Waals surface area contributed by atoms with Crippen LogP contribution in [0.5, 0.6) is 0 Å². The third-order valence-electron chi connectivity index (χ3n) is 2.86. The van der Waals surface area contributed by atoms with Crippen LogP contribution in [0.2, 0.25) is 0 Å². The van der Waals surface area contributed by atoms with E-state index in [1.807, 2.05) is 30.3 Å². The fraction of sp³-hybridized carbons (Fsp3) is 0.200. The molecule has 0 bridgehead atoms. The quantitative estimate of drug-likeness (QED) is 0.726. The molecule has 1 heterocycles. The second-order valence-electron chi connectivity index (χ2n) is 4.21. The molecule has 1 aliphatic rings. The standard InChI is InChI=1S/C15H14O4/c1-10-11(2)18-13(16)8-9-14(17)19-15(10)12-6-4-3-5-7-12/h3-9,11H,1-2H3/b9-8-,15-10-. The smallest absolute Gasteiger partial charge is 0.336 e. The highest BCUT2D eigenvalue weighted by Crippen LogP contribution is 2.24. The second-order valence-corrected chi connectivity index (χ2v) is 4.21. The van der Waals surface area contributed by atoms with Crippen LogP contribution < -0.4 is 0 Å². The van der Waals surface area contributed by atoms with Crippen molar-refractivity contribution in [1.82, 2.24) is 0 Å². The number of cyclic esters (lactones) is 2. The number of hydrogen-bond donors (Lipinski definition) is 0. The molecule has 1 aromatic rings. The molecule has 0 spiro atoms. The van der Waals surface area contributed by atoms with Gasteiger partial charge < -0.3 is 9.47 Å². The molecule has 0 fully saturated rings. The zero-order valence-corrected chi connectivity index (χ0v) is 10.8. The normalized spacial score (nSPS) is 25.7. The van der Waals surface area contributed by atoms with Crippen LogP contribution >= 0.6 is 0 Å². The van der Waals surface area contributed by atoms with E-state index in [-0.39, 0.29) is 0 Å². The van der Waals surface area contributed by atoms with Gasteiger partial charge in [-0.25, -0.2) is 9.59 Å². The van der Waals surface area contributed by atoms with Gasteiger partial charge in [0.2, 0.25) is 0 Å². The lowest BCUT2D eigenvalue weighted by Gasteiger charge is -2.16. The van der Waals surface area contributed by atoms with E-state index in [9.17, 15) is 9.59 Å². The van der Waals surface area contributed by atoms with Crippen molar-refractivity contribution in [2.24, 2.45) is 0 Å². The third-order valence-corrected chi connectivity index (χ3v) is 2.86. The number of hydrogen-bond acceptors (Lipinski definition) is 4. The Morgan fingerprint density at radius 1 is 1.00 bits per heavy atom. The number of rotatable bonds is 1. The number of esters is 2. The van der Waals surface area contributed by atoms with Crippen molar-refractivity contribution in [3.63, 3.8) is 0 Å². The Morgan fingerprint density at radius 2 is 1.63 bits per heavy atom. The monoisotopic (exact) mass is 258 g/mol. The zero-order chi connectivity index (χ0) is 13.8. The minimum absolute atomic E-state index is 0.428. The minimum Gasteiger partial charge on any atom is -0.455 e. The number of carbonyl (C=O) groups is 2. The van der Waals surface area contributed by atoms with Crippen molar-refractivity contribution in [1.29, 1.82) is 0 Å². The molecule has 0 amide bonds. The van der Waals surface area contributed by atoms with Crippen molar-refractivity contribution < 1.29 is 19.1 Å². The molecule has 1 atom stereocenters. The summed E-state index contributed by atoms with van der Waals surface area (Å²) in [6.07, 6.45) is 1.68. The highest BCUT2D eigenvalue weighted by atomic mass is 16.6. The Hall–Kier alpha value is -2.36. The van der Waals surface area contributed by atoms with Gasteiger partial charge in [-0.1, -0.05) is 30.3 Å². The van der Waals surface area contributed by atoms with Crippen LogP contribution in [0.3, 0.4) is 0 Å². The van der Waals surface area contributed by atoms with E-state index in [0.29, 0.717) is 11.3 Å². The van der Waals surface area contributed by atoms with Crippen LogP contribution in [0.15, 0.2) is 48.1 Å². The molecule has 0 saturated carbocycles. The van der Waals surface area contributed by atoms with Gasteiger partial charge >= 0.3 is 11.9 Å². The van der Waals surface area contributed by atoms with E-state index in [1.165, 1.54) is 0 Å². The average molecular weight is 258 g/mol. The fourth-order valence-corrected chi connectivity index (χ4v) is 1.71. The average Bonchev–Trinajstić information content (AvgIpc) is 2.46. The van der Waals surface area contributed by atoms with Crippen molar-refractivity contribution in [2.45, 2.75) is 20.0 Å². The predicted octanol–water partition coefficient (Wildman–Crippen LogP) is 2.46. The van der Waals surface area contributed by atoms with E-state index in [2.05, 4.69) is 0 Å². The first-order valence-electron chi connectivity index (χ1n) is 5.94. The van der Waals surface area contributed by atoms with Gasteiger partial charge in [-0.2, -0.15) is 0 Å². The van der Waals surface area contributed by atoms with Crippen LogP contribution in [0.4, 0.5) is 0 Å². The highest BCUT2D eigenvalue weighted by Gasteiger charge is 2.20. The molecule has 1 aliphatic heterocycles. The van der Waals surface area contributed by atoms with Gasteiger partial charge in [0.15, 0.2) is 0 Å². The van der Waals surface area contributed by atoms with Crippen LogP contribution in [0.25, 0.3) is 5.76 Å². The Kier molecular flexibility index (Phi) is 3.80. The Balaban J connectivity index is 2.47. The topological polar surface area (TPSA) is 52.6 Å². The first-order chi connectivity index (χ1) is 9.08. The first-order valence-corrected chi connectivity index (χ1v) is 5.94. The molecule has 0 aliphatic carbocycles. The summed E-state index contributed by atoms with van der Waals surface area (Å²) in [5.74, 6) is -0.722. The molecule has 4 heteroatoms. The van der Waals surface area contributed by atoms with Crippen LogP contribution in [0, 0.1) is 0 Å². The molecule has 0 N–H and O–H groups in total. The molecule has 1 unspecified atom stereocenters. The fourth-order valence-electron chi connectivity index (χ4n) is 1.71. The summed E-state index contributed by atoms with van der Waals surface area (Å²) in [7, 11) is 0. The lowest BCUT2D eigenvalue weighted by Crippen LogP contribution is -2.15. The van der Waals surface area contributed by atoms with E-state index in [4.69, 9.17) is 9.47 Å². The maximum absolute atomic E-state index is 11.6. The lowest BCUT2D eigenvalue weighted by molar-refractivity contribution is -0.140. The highest BCUT2D eigenvalue weighted by molar-refractivity contribution is 5.94. The summed E-state index contributed by atoms with van der Waals surface area (Å²) < 4.78 is 10.5. The number of carbonyl (C=O) groups excluding carboxylic acids is 2. The van der Waals surface area contributed by atoms with Gasteiger partial charge in [0.1, 0.15) is 11.9 Å². The Morgan fingerprint density at radius 3 is 2.32 bits per heavy atom. The van der Waals surface area contributed by atoms with Crippen molar-refractivity contribution in [2.75, 3.05) is 0 Å². The van der Waals surface area contributed by atoms with Gasteiger partial charge in [0.05, 0.1) is 0 Å². The molecule has 1 aromatic carbocycles. The van der Waals surface area contributed by atoms with Crippen molar-refractivity contribution in [3.8, 4) is 0 Å². The lowest BCUT2D eigenvalue weighted by atomic mass is 10.1. The predicted molar refractivity (Wildman–Crippen MR) is 69.8 cm³/mol. The number of ether oxygens (including phenoxy) is 2. The maximum Gasteiger partial charge on any atom is 0.336 e. The van der Waals surface area contributed by atoms with Gasteiger partial charge in [0, 0.05) is 23.3 Å². The SMILES string of the molecule is C/C1=C(\c2ccccc2)OC(=O)/C=C\C(=O)OC1C. The van der Waals surface area contributed by atoms with Crippen LogP contribution in [-0.2, 0) is 19.1 Å². The molecule has 0 radical (unpaired) electrons. The molecule has 19 heavy (non-hydrogen) atoms. The number of benzene rings is 1. The molecule has 0 saturated heterocycles. The van der Waals surface area contributed by atoms with E-state index in [0.717, 1.165) is 17.7 Å².